The molecule has 2 aliphatic rings. The molecule has 0 aliphatic heterocycles. The molecule has 0 unspecified atom stereocenters. The van der Waals surface area contributed by atoms with E-state index >= 15 is 0 Å². The highest BCUT2D eigenvalue weighted by Crippen LogP contribution is 2.37. The first-order chi connectivity index (χ1) is 10.3. The molecule has 0 amide bonds. The molecule has 2 saturated carbocycles. The maximum atomic E-state index is 8.96. The molecule has 2 aliphatic carbocycles. The van der Waals surface area contributed by atoms with Gasteiger partial charge in [0.05, 0.1) is 6.07 Å². The lowest BCUT2D eigenvalue weighted by molar-refractivity contribution is 0.223. The normalized spacial score (nSPS) is 33.9. The lowest BCUT2D eigenvalue weighted by Gasteiger charge is -2.30. The van der Waals surface area contributed by atoms with E-state index in [2.05, 4.69) is 25.1 Å². The van der Waals surface area contributed by atoms with E-state index in [1.54, 1.807) is 0 Å². The van der Waals surface area contributed by atoms with Gasteiger partial charge in [-0.05, 0) is 63.2 Å². The minimum absolute atomic E-state index is 0.369. The average Bonchev–Trinajstić information content (AvgIpc) is 2.55. The van der Waals surface area contributed by atoms with Gasteiger partial charge in [0.1, 0.15) is 0 Å². The van der Waals surface area contributed by atoms with Crippen LogP contribution < -0.4 is 0 Å². The van der Waals surface area contributed by atoms with Crippen LogP contribution in [0.15, 0.2) is 12.2 Å². The Hall–Kier alpha value is -0.770. The second-order valence-electron chi connectivity index (χ2n) is 7.46. The number of rotatable bonds is 6. The number of nitrogens with zero attached hydrogens (tertiary/aromatic N) is 1. The van der Waals surface area contributed by atoms with Gasteiger partial charge in [-0.2, -0.15) is 5.26 Å². The first kappa shape index (κ1) is 16.6. The molecular formula is C20H33N. The fourth-order valence-corrected chi connectivity index (χ4v) is 4.36. The van der Waals surface area contributed by atoms with Gasteiger partial charge in [0, 0.05) is 5.92 Å². The summed E-state index contributed by atoms with van der Waals surface area (Å²) in [5.74, 6) is 3.32. The molecule has 0 aromatic carbocycles. The van der Waals surface area contributed by atoms with Crippen LogP contribution in [0, 0.1) is 35.0 Å². The van der Waals surface area contributed by atoms with Gasteiger partial charge in [0.25, 0.3) is 0 Å². The van der Waals surface area contributed by atoms with Crippen molar-refractivity contribution in [3.63, 3.8) is 0 Å². The first-order valence-corrected chi connectivity index (χ1v) is 9.32. The minimum atomic E-state index is 0.369. The first-order valence-electron chi connectivity index (χ1n) is 9.32. The molecule has 0 atom stereocenters. The summed E-state index contributed by atoms with van der Waals surface area (Å²) >= 11 is 0. The van der Waals surface area contributed by atoms with Crippen molar-refractivity contribution in [2.24, 2.45) is 23.7 Å². The molecule has 1 heteroatoms. The predicted molar refractivity (Wildman–Crippen MR) is 89.8 cm³/mol. The fraction of sp³-hybridized carbons (Fsp3) is 0.850. The van der Waals surface area contributed by atoms with Crippen LogP contribution in [0.1, 0.15) is 84.0 Å². The Morgan fingerprint density at radius 1 is 0.810 bits per heavy atom. The highest BCUT2D eigenvalue weighted by molar-refractivity contribution is 4.87. The van der Waals surface area contributed by atoms with Gasteiger partial charge in [-0.15, -0.1) is 0 Å². The van der Waals surface area contributed by atoms with Gasteiger partial charge in [0.2, 0.25) is 0 Å². The van der Waals surface area contributed by atoms with Gasteiger partial charge in [0.15, 0.2) is 0 Å². The Morgan fingerprint density at radius 3 is 1.76 bits per heavy atom. The molecule has 0 heterocycles. The Kier molecular flexibility index (Phi) is 7.34. The van der Waals surface area contributed by atoms with E-state index in [1.807, 2.05) is 0 Å². The Morgan fingerprint density at radius 2 is 1.29 bits per heavy atom. The summed E-state index contributed by atoms with van der Waals surface area (Å²) in [5, 5.41) is 8.96. The van der Waals surface area contributed by atoms with Crippen LogP contribution in [-0.2, 0) is 0 Å². The van der Waals surface area contributed by atoms with Crippen molar-refractivity contribution < 1.29 is 0 Å². The van der Waals surface area contributed by atoms with Gasteiger partial charge in [-0.3, -0.25) is 0 Å². The number of nitriles is 1. The summed E-state index contributed by atoms with van der Waals surface area (Å²) < 4.78 is 0. The molecule has 0 saturated heterocycles. The SMILES string of the molecule is C/C=C/CCC1CCC(CCC2CCC(C#N)CC2)CC1. The zero-order valence-corrected chi connectivity index (χ0v) is 13.9. The van der Waals surface area contributed by atoms with Crippen LogP contribution in [0.5, 0.6) is 0 Å². The third-order valence-electron chi connectivity index (χ3n) is 5.96. The molecule has 0 spiro atoms. The minimum Gasteiger partial charge on any atom is -0.198 e. The number of hydrogen-bond donors (Lipinski definition) is 0. The van der Waals surface area contributed by atoms with Crippen molar-refractivity contribution in [3.8, 4) is 6.07 Å². The van der Waals surface area contributed by atoms with Crippen LogP contribution in [-0.4, -0.2) is 0 Å². The van der Waals surface area contributed by atoms with E-state index < -0.39 is 0 Å². The fourth-order valence-electron chi connectivity index (χ4n) is 4.36. The largest absolute Gasteiger partial charge is 0.198 e. The third kappa shape index (κ3) is 5.85. The van der Waals surface area contributed by atoms with E-state index in [-0.39, 0.29) is 0 Å². The highest BCUT2D eigenvalue weighted by Gasteiger charge is 2.24. The van der Waals surface area contributed by atoms with Gasteiger partial charge in [-0.1, -0.05) is 50.7 Å². The van der Waals surface area contributed by atoms with Crippen LogP contribution in [0.3, 0.4) is 0 Å². The summed E-state index contributed by atoms with van der Waals surface area (Å²) in [5.41, 5.74) is 0. The molecule has 2 fully saturated rings. The highest BCUT2D eigenvalue weighted by atomic mass is 14.3. The Balaban J connectivity index is 1.56. The van der Waals surface area contributed by atoms with Gasteiger partial charge < -0.3 is 0 Å². The van der Waals surface area contributed by atoms with Crippen LogP contribution in [0.2, 0.25) is 0 Å². The van der Waals surface area contributed by atoms with E-state index in [9.17, 15) is 0 Å². The molecule has 1 nitrogen and oxygen atoms in total. The van der Waals surface area contributed by atoms with Crippen molar-refractivity contribution in [2.45, 2.75) is 84.0 Å². The molecule has 118 valence electrons. The smallest absolute Gasteiger partial charge is 0.0655 e. The van der Waals surface area contributed by atoms with Crippen molar-refractivity contribution in [3.05, 3.63) is 12.2 Å². The van der Waals surface area contributed by atoms with E-state index in [0.717, 1.165) is 17.8 Å². The molecule has 0 radical (unpaired) electrons. The van der Waals surface area contributed by atoms with E-state index in [4.69, 9.17) is 5.26 Å². The number of allylic oxidation sites excluding steroid dienone is 2. The molecule has 2 rings (SSSR count). The summed E-state index contributed by atoms with van der Waals surface area (Å²) in [4.78, 5) is 0. The lowest BCUT2D eigenvalue weighted by atomic mass is 9.75. The number of hydrogen-bond acceptors (Lipinski definition) is 1. The molecule has 0 aromatic heterocycles. The third-order valence-corrected chi connectivity index (χ3v) is 5.96. The molecule has 0 bridgehead atoms. The zero-order chi connectivity index (χ0) is 14.9. The maximum Gasteiger partial charge on any atom is 0.0655 e. The van der Waals surface area contributed by atoms with Gasteiger partial charge >= 0.3 is 0 Å². The summed E-state index contributed by atoms with van der Waals surface area (Å²) in [6.45, 7) is 2.13. The summed E-state index contributed by atoms with van der Waals surface area (Å²) in [7, 11) is 0. The second kappa shape index (κ2) is 9.29. The molecule has 0 N–H and O–H groups in total. The topological polar surface area (TPSA) is 23.8 Å². The van der Waals surface area contributed by atoms with Crippen molar-refractivity contribution in [1.29, 1.82) is 5.26 Å². The van der Waals surface area contributed by atoms with E-state index in [0.29, 0.717) is 5.92 Å². The predicted octanol–water partition coefficient (Wildman–Crippen LogP) is 6.26. The van der Waals surface area contributed by atoms with Crippen molar-refractivity contribution in [1.82, 2.24) is 0 Å². The van der Waals surface area contributed by atoms with Crippen molar-refractivity contribution >= 4 is 0 Å². The zero-order valence-electron chi connectivity index (χ0n) is 13.9. The van der Waals surface area contributed by atoms with Crippen LogP contribution in [0.25, 0.3) is 0 Å². The quantitative estimate of drug-likeness (QED) is 0.529. The van der Waals surface area contributed by atoms with Crippen molar-refractivity contribution in [2.75, 3.05) is 0 Å². The summed E-state index contributed by atoms with van der Waals surface area (Å²) in [6, 6.07) is 2.45. The molecule has 21 heavy (non-hydrogen) atoms. The Bertz CT molecular complexity index is 335. The average molecular weight is 287 g/mol. The summed E-state index contributed by atoms with van der Waals surface area (Å²) in [6.07, 6.45) is 21.0. The molecular weight excluding hydrogens is 254 g/mol. The lowest BCUT2D eigenvalue weighted by Crippen LogP contribution is -2.17. The van der Waals surface area contributed by atoms with E-state index in [1.165, 1.54) is 77.0 Å². The molecule has 0 aromatic rings. The second-order valence-corrected chi connectivity index (χ2v) is 7.46. The van der Waals surface area contributed by atoms with Crippen LogP contribution in [0.4, 0.5) is 0 Å². The van der Waals surface area contributed by atoms with Gasteiger partial charge in [-0.25, -0.2) is 0 Å². The maximum absolute atomic E-state index is 8.96. The standard InChI is InChI=1S/C20H33N/c1-2-3-4-5-17-6-8-18(9-7-17)10-11-19-12-14-20(16-21)15-13-19/h2-3,17-20H,4-15H2,1H3/b3-2+. The monoisotopic (exact) mass is 287 g/mol. The van der Waals surface area contributed by atoms with Crippen LogP contribution >= 0.6 is 0 Å². The Labute approximate surface area is 131 Å².